The Kier molecular flexibility index (Phi) is 4.41. The van der Waals surface area contributed by atoms with Crippen molar-refractivity contribution in [1.82, 2.24) is 10.3 Å². The molecule has 106 valence electrons. The maximum absolute atomic E-state index is 12.1. The molecule has 0 atom stereocenters. The average Bonchev–Trinajstić information content (AvgIpc) is 2.97. The van der Waals surface area contributed by atoms with Crippen molar-refractivity contribution in [2.45, 2.75) is 6.54 Å². The number of nitrogens with zero attached hydrogens (tertiary/aromatic N) is 1. The van der Waals surface area contributed by atoms with Crippen molar-refractivity contribution in [3.05, 3.63) is 34.3 Å². The Hall–Kier alpha value is -2.28. The van der Waals surface area contributed by atoms with Gasteiger partial charge in [0.05, 0.1) is 31.8 Å². The predicted molar refractivity (Wildman–Crippen MR) is 77.2 cm³/mol. The van der Waals surface area contributed by atoms with Gasteiger partial charge in [-0.2, -0.15) is 0 Å². The lowest BCUT2D eigenvalue weighted by molar-refractivity contribution is 0.0952. The van der Waals surface area contributed by atoms with Crippen LogP contribution in [-0.4, -0.2) is 25.1 Å². The van der Waals surface area contributed by atoms with Crippen LogP contribution in [0.4, 0.5) is 5.69 Å². The molecule has 0 saturated heterocycles. The van der Waals surface area contributed by atoms with Crippen molar-refractivity contribution >= 4 is 22.9 Å². The minimum absolute atomic E-state index is 0.267. The number of hydrogen-bond acceptors (Lipinski definition) is 6. The van der Waals surface area contributed by atoms with E-state index in [2.05, 4.69) is 10.3 Å². The average molecular weight is 293 g/mol. The fourth-order valence-corrected chi connectivity index (χ4v) is 2.22. The lowest BCUT2D eigenvalue weighted by Crippen LogP contribution is -2.23. The summed E-state index contributed by atoms with van der Waals surface area (Å²) < 4.78 is 10.3. The minimum atomic E-state index is -0.267. The number of nitrogen functional groups attached to an aromatic ring is 1. The minimum Gasteiger partial charge on any atom is -0.493 e. The fraction of sp³-hybridized carbons (Fsp3) is 0.231. The van der Waals surface area contributed by atoms with Crippen LogP contribution >= 0.6 is 11.3 Å². The second kappa shape index (κ2) is 6.25. The molecule has 0 fully saturated rings. The van der Waals surface area contributed by atoms with Crippen LogP contribution in [0.15, 0.2) is 23.8 Å². The van der Waals surface area contributed by atoms with Crippen molar-refractivity contribution in [3.8, 4) is 11.5 Å². The third-order valence-corrected chi connectivity index (χ3v) is 3.49. The smallest absolute Gasteiger partial charge is 0.253 e. The van der Waals surface area contributed by atoms with Gasteiger partial charge >= 0.3 is 0 Å². The highest BCUT2D eigenvalue weighted by Crippen LogP contribution is 2.31. The summed E-state index contributed by atoms with van der Waals surface area (Å²) in [6.07, 6.45) is 1.71. The molecule has 0 bridgehead atoms. The molecule has 1 heterocycles. The molecule has 0 aliphatic heterocycles. The van der Waals surface area contributed by atoms with Gasteiger partial charge in [-0.1, -0.05) is 0 Å². The molecule has 3 N–H and O–H groups in total. The zero-order valence-electron chi connectivity index (χ0n) is 11.2. The van der Waals surface area contributed by atoms with E-state index in [0.717, 1.165) is 4.88 Å². The maximum atomic E-state index is 12.1. The van der Waals surface area contributed by atoms with Gasteiger partial charge < -0.3 is 20.5 Å². The van der Waals surface area contributed by atoms with Gasteiger partial charge in [-0.3, -0.25) is 9.78 Å². The Bertz CT molecular complexity index is 599. The first-order valence-electron chi connectivity index (χ1n) is 5.82. The molecule has 7 heteroatoms. The molecule has 0 saturated carbocycles. The number of rotatable bonds is 5. The van der Waals surface area contributed by atoms with Crippen LogP contribution in [0.3, 0.4) is 0 Å². The Balaban J connectivity index is 2.16. The lowest BCUT2D eigenvalue weighted by Gasteiger charge is -2.12. The third kappa shape index (κ3) is 3.00. The Morgan fingerprint density at radius 3 is 2.65 bits per heavy atom. The number of methoxy groups -OCH3 is 2. The number of carbonyl (C=O) groups excluding carboxylic acids is 1. The number of carbonyl (C=O) groups is 1. The van der Waals surface area contributed by atoms with E-state index in [1.165, 1.54) is 25.6 Å². The van der Waals surface area contributed by atoms with Gasteiger partial charge in [0, 0.05) is 22.8 Å². The van der Waals surface area contributed by atoms with E-state index in [-0.39, 0.29) is 5.91 Å². The van der Waals surface area contributed by atoms with Crippen molar-refractivity contribution in [3.63, 3.8) is 0 Å². The number of hydrogen-bond donors (Lipinski definition) is 2. The summed E-state index contributed by atoms with van der Waals surface area (Å²) in [6.45, 7) is 0.414. The second-order valence-corrected chi connectivity index (χ2v) is 4.92. The molecule has 0 spiro atoms. The van der Waals surface area contributed by atoms with E-state index in [9.17, 15) is 4.79 Å². The van der Waals surface area contributed by atoms with Gasteiger partial charge in [0.15, 0.2) is 11.5 Å². The monoisotopic (exact) mass is 293 g/mol. The summed E-state index contributed by atoms with van der Waals surface area (Å²) in [5.74, 6) is 0.686. The van der Waals surface area contributed by atoms with E-state index in [4.69, 9.17) is 15.2 Å². The number of benzene rings is 1. The van der Waals surface area contributed by atoms with Crippen LogP contribution in [0.2, 0.25) is 0 Å². The number of amides is 1. The Morgan fingerprint density at radius 2 is 2.05 bits per heavy atom. The number of anilines is 1. The van der Waals surface area contributed by atoms with E-state index >= 15 is 0 Å². The molecular formula is C13H15N3O3S. The lowest BCUT2D eigenvalue weighted by atomic mass is 10.1. The molecule has 2 rings (SSSR count). The standard InChI is InChI=1S/C13H15N3O3S/c1-18-11-3-9(10(14)4-12(11)19-2)13(17)16-6-8-5-15-7-20-8/h3-5,7H,6,14H2,1-2H3,(H,16,17). The quantitative estimate of drug-likeness (QED) is 0.819. The van der Waals surface area contributed by atoms with Crippen molar-refractivity contribution in [1.29, 1.82) is 0 Å². The van der Waals surface area contributed by atoms with E-state index < -0.39 is 0 Å². The molecule has 0 aliphatic rings. The van der Waals surface area contributed by atoms with Gasteiger partial charge in [-0.05, 0) is 6.07 Å². The summed E-state index contributed by atoms with van der Waals surface area (Å²) in [5, 5.41) is 2.79. The summed E-state index contributed by atoms with van der Waals surface area (Å²) in [5.41, 5.74) is 8.27. The first-order chi connectivity index (χ1) is 9.65. The van der Waals surface area contributed by atoms with Crippen LogP contribution in [0.25, 0.3) is 0 Å². The van der Waals surface area contributed by atoms with Crippen LogP contribution in [0.5, 0.6) is 11.5 Å². The van der Waals surface area contributed by atoms with Crippen LogP contribution < -0.4 is 20.5 Å². The van der Waals surface area contributed by atoms with Crippen LogP contribution in [-0.2, 0) is 6.54 Å². The first-order valence-corrected chi connectivity index (χ1v) is 6.70. The molecule has 0 radical (unpaired) electrons. The SMILES string of the molecule is COc1cc(N)c(C(=O)NCc2cncs2)cc1OC. The van der Waals surface area contributed by atoms with Crippen molar-refractivity contribution < 1.29 is 14.3 Å². The summed E-state index contributed by atoms with van der Waals surface area (Å²) >= 11 is 1.48. The highest BCUT2D eigenvalue weighted by Gasteiger charge is 2.15. The molecule has 20 heavy (non-hydrogen) atoms. The number of ether oxygens (including phenoxy) is 2. The highest BCUT2D eigenvalue weighted by molar-refractivity contribution is 7.09. The molecule has 0 unspecified atom stereocenters. The number of thiazole rings is 1. The van der Waals surface area contributed by atoms with Crippen molar-refractivity contribution in [2.24, 2.45) is 0 Å². The zero-order chi connectivity index (χ0) is 14.5. The van der Waals surface area contributed by atoms with Crippen LogP contribution in [0.1, 0.15) is 15.2 Å². The Labute approximate surface area is 120 Å². The first kappa shape index (κ1) is 14.1. The number of aromatic nitrogens is 1. The topological polar surface area (TPSA) is 86.5 Å². The number of nitrogens with two attached hydrogens (primary N) is 1. The summed E-state index contributed by atoms with van der Waals surface area (Å²) in [4.78, 5) is 17.0. The predicted octanol–water partition coefficient (Wildman–Crippen LogP) is 1.67. The summed E-state index contributed by atoms with van der Waals surface area (Å²) in [6, 6.07) is 3.14. The molecule has 1 aromatic heterocycles. The second-order valence-electron chi connectivity index (χ2n) is 3.94. The molecular weight excluding hydrogens is 278 g/mol. The van der Waals surface area contributed by atoms with Gasteiger partial charge in [-0.15, -0.1) is 11.3 Å². The van der Waals surface area contributed by atoms with Crippen LogP contribution in [0, 0.1) is 0 Å². The zero-order valence-corrected chi connectivity index (χ0v) is 12.0. The van der Waals surface area contributed by atoms with Gasteiger partial charge in [0.1, 0.15) is 0 Å². The normalized spacial score (nSPS) is 10.1. The highest BCUT2D eigenvalue weighted by atomic mass is 32.1. The fourth-order valence-electron chi connectivity index (χ4n) is 1.68. The van der Waals surface area contributed by atoms with E-state index in [1.54, 1.807) is 23.8 Å². The molecule has 0 aliphatic carbocycles. The van der Waals surface area contributed by atoms with Gasteiger partial charge in [-0.25, -0.2) is 0 Å². The molecule has 1 amide bonds. The number of nitrogens with one attached hydrogen (secondary N) is 1. The van der Waals surface area contributed by atoms with E-state index in [0.29, 0.717) is 29.3 Å². The third-order valence-electron chi connectivity index (χ3n) is 2.71. The molecule has 2 aromatic rings. The van der Waals surface area contributed by atoms with Gasteiger partial charge in [0.2, 0.25) is 0 Å². The van der Waals surface area contributed by atoms with E-state index in [1.807, 2.05) is 0 Å². The maximum Gasteiger partial charge on any atom is 0.253 e. The summed E-state index contributed by atoms with van der Waals surface area (Å²) in [7, 11) is 3.02. The largest absolute Gasteiger partial charge is 0.493 e. The Morgan fingerprint density at radius 1 is 1.35 bits per heavy atom. The van der Waals surface area contributed by atoms with Crippen molar-refractivity contribution in [2.75, 3.05) is 20.0 Å². The molecule has 6 nitrogen and oxygen atoms in total. The van der Waals surface area contributed by atoms with Gasteiger partial charge in [0.25, 0.3) is 5.91 Å². The molecule has 1 aromatic carbocycles.